The summed E-state index contributed by atoms with van der Waals surface area (Å²) in [5.74, 6) is 0. The van der Waals surface area contributed by atoms with Crippen LogP contribution in [0.25, 0.3) is 5.65 Å². The highest BCUT2D eigenvalue weighted by molar-refractivity contribution is 6.30. The standard InChI is InChI=1S/C16H14ClN3O/c1-11-5-6-15-19-14(8-16(21)20(15)10-11)9-18-13-4-2-3-12(17)7-13/h2-8,10,18H,9H2,1H3. The van der Waals surface area contributed by atoms with Crippen LogP contribution in [0.2, 0.25) is 5.02 Å². The van der Waals surface area contributed by atoms with Gasteiger partial charge in [0, 0.05) is 23.0 Å². The minimum atomic E-state index is -0.0772. The summed E-state index contributed by atoms with van der Waals surface area (Å²) in [6, 6.07) is 12.8. The van der Waals surface area contributed by atoms with E-state index in [1.807, 2.05) is 43.3 Å². The largest absolute Gasteiger partial charge is 0.379 e. The van der Waals surface area contributed by atoms with Crippen LogP contribution >= 0.6 is 11.6 Å². The molecule has 0 aliphatic carbocycles. The maximum atomic E-state index is 12.1. The molecule has 0 amide bonds. The second kappa shape index (κ2) is 5.58. The predicted molar refractivity (Wildman–Crippen MR) is 85.0 cm³/mol. The molecule has 2 heterocycles. The molecule has 0 saturated heterocycles. The van der Waals surface area contributed by atoms with Gasteiger partial charge in [0.05, 0.1) is 12.2 Å². The van der Waals surface area contributed by atoms with E-state index in [1.165, 1.54) is 0 Å². The van der Waals surface area contributed by atoms with Crippen molar-refractivity contribution in [3.05, 3.63) is 75.3 Å². The average molecular weight is 300 g/mol. The number of nitrogens with zero attached hydrogens (tertiary/aromatic N) is 2. The first-order chi connectivity index (χ1) is 10.1. The van der Waals surface area contributed by atoms with E-state index in [0.29, 0.717) is 22.9 Å². The summed E-state index contributed by atoms with van der Waals surface area (Å²) in [6.07, 6.45) is 1.79. The third kappa shape index (κ3) is 3.06. The van der Waals surface area contributed by atoms with Crippen molar-refractivity contribution in [3.63, 3.8) is 0 Å². The van der Waals surface area contributed by atoms with Crippen molar-refractivity contribution < 1.29 is 0 Å². The summed E-state index contributed by atoms with van der Waals surface area (Å²) < 4.78 is 1.55. The molecule has 0 saturated carbocycles. The zero-order valence-corrected chi connectivity index (χ0v) is 12.3. The van der Waals surface area contributed by atoms with E-state index in [0.717, 1.165) is 11.3 Å². The molecule has 1 N–H and O–H groups in total. The first-order valence-corrected chi connectivity index (χ1v) is 6.98. The third-order valence-corrected chi connectivity index (χ3v) is 3.39. The molecule has 3 aromatic rings. The number of aromatic nitrogens is 2. The van der Waals surface area contributed by atoms with Gasteiger partial charge in [-0.2, -0.15) is 0 Å². The fourth-order valence-electron chi connectivity index (χ4n) is 2.14. The van der Waals surface area contributed by atoms with Crippen molar-refractivity contribution in [2.24, 2.45) is 0 Å². The number of halogens is 1. The number of pyridine rings is 1. The molecular formula is C16H14ClN3O. The van der Waals surface area contributed by atoms with Crippen molar-refractivity contribution in [1.29, 1.82) is 0 Å². The second-order valence-electron chi connectivity index (χ2n) is 4.88. The first kappa shape index (κ1) is 13.6. The van der Waals surface area contributed by atoms with Crippen LogP contribution in [0.4, 0.5) is 5.69 Å². The maximum Gasteiger partial charge on any atom is 0.258 e. The Hall–Kier alpha value is -2.33. The molecule has 106 valence electrons. The van der Waals surface area contributed by atoms with Gasteiger partial charge in [-0.3, -0.25) is 9.20 Å². The normalized spacial score (nSPS) is 10.8. The monoisotopic (exact) mass is 299 g/mol. The number of hydrogen-bond donors (Lipinski definition) is 1. The minimum absolute atomic E-state index is 0.0772. The summed E-state index contributed by atoms with van der Waals surface area (Å²) in [7, 11) is 0. The molecule has 0 atom stereocenters. The molecule has 0 aliphatic rings. The van der Waals surface area contributed by atoms with E-state index in [1.54, 1.807) is 16.7 Å². The van der Waals surface area contributed by atoms with Gasteiger partial charge in [-0.15, -0.1) is 0 Å². The number of rotatable bonds is 3. The average Bonchev–Trinajstić information content (AvgIpc) is 2.46. The molecule has 0 spiro atoms. The number of nitrogens with one attached hydrogen (secondary N) is 1. The van der Waals surface area contributed by atoms with Crippen LogP contribution in [0.3, 0.4) is 0 Å². The lowest BCUT2D eigenvalue weighted by molar-refractivity contribution is 0.965. The van der Waals surface area contributed by atoms with Gasteiger partial charge in [0.1, 0.15) is 5.65 Å². The first-order valence-electron chi connectivity index (χ1n) is 6.60. The number of aryl methyl sites for hydroxylation is 1. The molecule has 0 unspecified atom stereocenters. The third-order valence-electron chi connectivity index (χ3n) is 3.16. The highest BCUT2D eigenvalue weighted by Crippen LogP contribution is 2.15. The molecule has 4 nitrogen and oxygen atoms in total. The Labute approximate surface area is 127 Å². The molecule has 0 aliphatic heterocycles. The summed E-state index contributed by atoms with van der Waals surface area (Å²) in [6.45, 7) is 2.42. The SMILES string of the molecule is Cc1ccc2nc(CNc3cccc(Cl)c3)cc(=O)n2c1. The van der Waals surface area contributed by atoms with Crippen molar-refractivity contribution in [2.75, 3.05) is 5.32 Å². The maximum absolute atomic E-state index is 12.1. The van der Waals surface area contributed by atoms with Crippen molar-refractivity contribution in [1.82, 2.24) is 9.38 Å². The second-order valence-corrected chi connectivity index (χ2v) is 5.32. The Morgan fingerprint density at radius 1 is 1.24 bits per heavy atom. The summed E-state index contributed by atoms with van der Waals surface area (Å²) in [5.41, 5.74) is 3.19. The smallest absolute Gasteiger partial charge is 0.258 e. The van der Waals surface area contributed by atoms with E-state index in [2.05, 4.69) is 10.3 Å². The molecule has 0 fully saturated rings. The van der Waals surface area contributed by atoms with Gasteiger partial charge in [0.2, 0.25) is 0 Å². The van der Waals surface area contributed by atoms with E-state index in [4.69, 9.17) is 11.6 Å². The summed E-state index contributed by atoms with van der Waals surface area (Å²) in [5, 5.41) is 3.88. The topological polar surface area (TPSA) is 46.4 Å². The zero-order chi connectivity index (χ0) is 14.8. The molecule has 0 radical (unpaired) electrons. The van der Waals surface area contributed by atoms with Gasteiger partial charge in [-0.05, 0) is 36.8 Å². The molecule has 21 heavy (non-hydrogen) atoms. The molecule has 5 heteroatoms. The van der Waals surface area contributed by atoms with E-state index >= 15 is 0 Å². The van der Waals surface area contributed by atoms with Crippen LogP contribution < -0.4 is 10.9 Å². The van der Waals surface area contributed by atoms with Gasteiger partial charge in [-0.25, -0.2) is 4.98 Å². The number of anilines is 1. The van der Waals surface area contributed by atoms with E-state index < -0.39 is 0 Å². The summed E-state index contributed by atoms with van der Waals surface area (Å²) >= 11 is 5.94. The highest BCUT2D eigenvalue weighted by atomic mass is 35.5. The van der Waals surface area contributed by atoms with Gasteiger partial charge >= 0.3 is 0 Å². The number of benzene rings is 1. The summed E-state index contributed by atoms with van der Waals surface area (Å²) in [4.78, 5) is 16.6. The van der Waals surface area contributed by atoms with Gasteiger partial charge in [0.25, 0.3) is 5.56 Å². The Morgan fingerprint density at radius 2 is 2.10 bits per heavy atom. The van der Waals surface area contributed by atoms with Crippen LogP contribution in [0.15, 0.2) is 53.5 Å². The fraction of sp³-hybridized carbons (Fsp3) is 0.125. The van der Waals surface area contributed by atoms with Crippen LogP contribution in [-0.4, -0.2) is 9.38 Å². The molecule has 0 bridgehead atoms. The number of hydrogen-bond acceptors (Lipinski definition) is 3. The van der Waals surface area contributed by atoms with Gasteiger partial charge < -0.3 is 5.32 Å². The quantitative estimate of drug-likeness (QED) is 0.807. The highest BCUT2D eigenvalue weighted by Gasteiger charge is 2.03. The van der Waals surface area contributed by atoms with Crippen LogP contribution in [0, 0.1) is 6.92 Å². The van der Waals surface area contributed by atoms with E-state index in [9.17, 15) is 4.79 Å². The Morgan fingerprint density at radius 3 is 2.90 bits per heavy atom. The minimum Gasteiger partial charge on any atom is -0.379 e. The van der Waals surface area contributed by atoms with Crippen molar-refractivity contribution >= 4 is 22.9 Å². The fourth-order valence-corrected chi connectivity index (χ4v) is 2.33. The zero-order valence-electron chi connectivity index (χ0n) is 11.5. The lowest BCUT2D eigenvalue weighted by Gasteiger charge is -2.08. The van der Waals surface area contributed by atoms with Gasteiger partial charge in [-0.1, -0.05) is 23.7 Å². The molecule has 3 rings (SSSR count). The Bertz CT molecular complexity index is 858. The van der Waals surface area contributed by atoms with Crippen LogP contribution in [0.5, 0.6) is 0 Å². The van der Waals surface area contributed by atoms with E-state index in [-0.39, 0.29) is 5.56 Å². The molecule has 2 aromatic heterocycles. The van der Waals surface area contributed by atoms with Crippen LogP contribution in [0.1, 0.15) is 11.3 Å². The Kier molecular flexibility index (Phi) is 3.62. The lowest BCUT2D eigenvalue weighted by atomic mass is 10.3. The predicted octanol–water partition coefficient (Wildman–Crippen LogP) is 3.27. The number of fused-ring (bicyclic) bond motifs is 1. The van der Waals surface area contributed by atoms with Crippen molar-refractivity contribution in [2.45, 2.75) is 13.5 Å². The molecule has 1 aromatic carbocycles. The molecular weight excluding hydrogens is 286 g/mol. The van der Waals surface area contributed by atoms with Crippen molar-refractivity contribution in [3.8, 4) is 0 Å². The Balaban J connectivity index is 1.88. The van der Waals surface area contributed by atoms with Crippen LogP contribution in [-0.2, 0) is 6.54 Å². The lowest BCUT2D eigenvalue weighted by Crippen LogP contribution is -2.17. The van der Waals surface area contributed by atoms with Gasteiger partial charge in [0.15, 0.2) is 0 Å².